The molecule has 1 aliphatic rings. The summed E-state index contributed by atoms with van der Waals surface area (Å²) in [7, 11) is 0. The van der Waals surface area contributed by atoms with Gasteiger partial charge in [-0.15, -0.1) is 0 Å². The first kappa shape index (κ1) is 15.8. The van der Waals surface area contributed by atoms with Crippen molar-refractivity contribution in [2.75, 3.05) is 13.2 Å². The van der Waals surface area contributed by atoms with Crippen molar-refractivity contribution in [3.05, 3.63) is 64.7 Å². The second-order valence-corrected chi connectivity index (χ2v) is 6.05. The van der Waals surface area contributed by atoms with Crippen molar-refractivity contribution >= 4 is 17.5 Å². The van der Waals surface area contributed by atoms with Crippen LogP contribution in [0.4, 0.5) is 0 Å². The van der Waals surface area contributed by atoms with Gasteiger partial charge in [0.2, 0.25) is 5.91 Å². The summed E-state index contributed by atoms with van der Waals surface area (Å²) in [5, 5.41) is 13.1. The molecular weight excluding hydrogens is 314 g/mol. The lowest BCUT2D eigenvalue weighted by atomic mass is 9.95. The summed E-state index contributed by atoms with van der Waals surface area (Å²) in [6, 6.07) is 14.4. The lowest BCUT2D eigenvalue weighted by molar-refractivity contribution is -0.127. The van der Waals surface area contributed by atoms with Crippen LogP contribution in [0.1, 0.15) is 17.2 Å². The standard InChI is InChI=1S/C18H18ClNO3/c19-15-6-7-17-13(9-15)8-14(11-23-17)18(22)20-16(10-21)12-4-2-1-3-5-12/h1-7,9,14,16,21H,8,10-11H2,(H,20,22). The zero-order chi connectivity index (χ0) is 16.2. The van der Waals surface area contributed by atoms with E-state index < -0.39 is 6.04 Å². The highest BCUT2D eigenvalue weighted by Crippen LogP contribution is 2.30. The quantitative estimate of drug-likeness (QED) is 0.905. The number of aliphatic hydroxyl groups is 1. The minimum absolute atomic E-state index is 0.126. The van der Waals surface area contributed by atoms with Gasteiger partial charge in [0.05, 0.1) is 18.6 Å². The molecule has 120 valence electrons. The van der Waals surface area contributed by atoms with Crippen molar-refractivity contribution in [3.63, 3.8) is 0 Å². The highest BCUT2D eigenvalue weighted by molar-refractivity contribution is 6.30. The van der Waals surface area contributed by atoms with Gasteiger partial charge in [-0.1, -0.05) is 41.9 Å². The molecule has 0 saturated carbocycles. The molecule has 0 fully saturated rings. The van der Waals surface area contributed by atoms with Crippen molar-refractivity contribution in [2.24, 2.45) is 5.92 Å². The van der Waals surface area contributed by atoms with Gasteiger partial charge in [-0.3, -0.25) is 4.79 Å². The van der Waals surface area contributed by atoms with Crippen LogP contribution in [-0.2, 0) is 11.2 Å². The molecule has 3 rings (SSSR count). The lowest BCUT2D eigenvalue weighted by Crippen LogP contribution is -2.40. The fourth-order valence-electron chi connectivity index (χ4n) is 2.74. The van der Waals surface area contributed by atoms with Crippen LogP contribution < -0.4 is 10.1 Å². The molecule has 2 unspecified atom stereocenters. The van der Waals surface area contributed by atoms with Crippen molar-refractivity contribution in [2.45, 2.75) is 12.5 Å². The number of hydrogen-bond acceptors (Lipinski definition) is 3. The second kappa shape index (κ2) is 7.02. The van der Waals surface area contributed by atoms with E-state index in [2.05, 4.69) is 5.32 Å². The number of amides is 1. The van der Waals surface area contributed by atoms with Crippen molar-refractivity contribution < 1.29 is 14.6 Å². The molecule has 0 aliphatic carbocycles. The van der Waals surface area contributed by atoms with Crippen LogP contribution >= 0.6 is 11.6 Å². The van der Waals surface area contributed by atoms with Crippen LogP contribution in [0.5, 0.6) is 5.75 Å². The zero-order valence-corrected chi connectivity index (χ0v) is 13.3. The van der Waals surface area contributed by atoms with E-state index in [1.54, 1.807) is 6.07 Å². The average Bonchev–Trinajstić information content (AvgIpc) is 2.59. The molecule has 2 aromatic carbocycles. The van der Waals surface area contributed by atoms with E-state index in [1.807, 2.05) is 42.5 Å². The van der Waals surface area contributed by atoms with Crippen molar-refractivity contribution in [1.29, 1.82) is 0 Å². The smallest absolute Gasteiger partial charge is 0.227 e. The third-order valence-corrected chi connectivity index (χ3v) is 4.24. The Labute approximate surface area is 140 Å². The van der Waals surface area contributed by atoms with E-state index in [9.17, 15) is 9.90 Å². The zero-order valence-electron chi connectivity index (χ0n) is 12.5. The summed E-state index contributed by atoms with van der Waals surface area (Å²) in [5.74, 6) is 0.359. The van der Waals surface area contributed by atoms with E-state index in [0.717, 1.165) is 16.9 Å². The van der Waals surface area contributed by atoms with Gasteiger partial charge in [-0.25, -0.2) is 0 Å². The third-order valence-electron chi connectivity index (χ3n) is 4.00. The van der Waals surface area contributed by atoms with Gasteiger partial charge in [-0.2, -0.15) is 0 Å². The van der Waals surface area contributed by atoms with Crippen LogP contribution in [0, 0.1) is 5.92 Å². The molecular formula is C18H18ClNO3. The number of hydrogen-bond donors (Lipinski definition) is 2. The van der Waals surface area contributed by atoms with E-state index in [-0.39, 0.29) is 18.4 Å². The minimum atomic E-state index is -0.413. The molecule has 0 radical (unpaired) electrons. The molecule has 0 bridgehead atoms. The van der Waals surface area contributed by atoms with E-state index in [1.165, 1.54) is 0 Å². The number of carbonyl (C=O) groups is 1. The highest BCUT2D eigenvalue weighted by atomic mass is 35.5. The van der Waals surface area contributed by atoms with Gasteiger partial charge in [0.25, 0.3) is 0 Å². The molecule has 0 spiro atoms. The summed E-state index contributed by atoms with van der Waals surface area (Å²) in [4.78, 5) is 12.5. The summed E-state index contributed by atoms with van der Waals surface area (Å²) < 4.78 is 5.65. The number of carbonyl (C=O) groups excluding carboxylic acids is 1. The number of benzene rings is 2. The number of ether oxygens (including phenoxy) is 1. The first-order chi connectivity index (χ1) is 11.2. The maximum absolute atomic E-state index is 12.5. The van der Waals surface area contributed by atoms with Gasteiger partial charge in [-0.05, 0) is 35.7 Å². The first-order valence-electron chi connectivity index (χ1n) is 7.55. The molecule has 23 heavy (non-hydrogen) atoms. The first-order valence-corrected chi connectivity index (χ1v) is 7.92. The summed E-state index contributed by atoms with van der Waals surface area (Å²) in [6.07, 6.45) is 0.578. The van der Waals surface area contributed by atoms with Crippen LogP contribution in [0.25, 0.3) is 0 Å². The maximum Gasteiger partial charge on any atom is 0.227 e. The number of rotatable bonds is 4. The molecule has 1 amide bonds. The van der Waals surface area contributed by atoms with Crippen LogP contribution in [0.3, 0.4) is 0 Å². The number of halogens is 1. The Balaban J connectivity index is 1.69. The predicted octanol–water partition coefficient (Wildman–Crippen LogP) is 2.74. The van der Waals surface area contributed by atoms with E-state index >= 15 is 0 Å². The Morgan fingerprint density at radius 1 is 1.30 bits per heavy atom. The van der Waals surface area contributed by atoms with E-state index in [0.29, 0.717) is 18.1 Å². The predicted molar refractivity (Wildman–Crippen MR) is 88.6 cm³/mol. The van der Waals surface area contributed by atoms with Crippen molar-refractivity contribution in [3.8, 4) is 5.75 Å². The van der Waals surface area contributed by atoms with Crippen LogP contribution in [0.2, 0.25) is 5.02 Å². The molecule has 1 heterocycles. The Morgan fingerprint density at radius 2 is 2.09 bits per heavy atom. The summed E-state index contributed by atoms with van der Waals surface area (Å²) >= 11 is 6.00. The maximum atomic E-state index is 12.5. The minimum Gasteiger partial charge on any atom is -0.492 e. The van der Waals surface area contributed by atoms with Gasteiger partial charge in [0.15, 0.2) is 0 Å². The molecule has 5 heteroatoms. The second-order valence-electron chi connectivity index (χ2n) is 5.62. The van der Waals surface area contributed by atoms with Crippen molar-refractivity contribution in [1.82, 2.24) is 5.32 Å². The molecule has 2 aromatic rings. The van der Waals surface area contributed by atoms with Gasteiger partial charge in [0.1, 0.15) is 12.4 Å². The lowest BCUT2D eigenvalue weighted by Gasteiger charge is -2.26. The summed E-state index contributed by atoms with van der Waals surface area (Å²) in [6.45, 7) is 0.180. The number of fused-ring (bicyclic) bond motifs is 1. The topological polar surface area (TPSA) is 58.6 Å². The molecule has 2 atom stereocenters. The Bertz CT molecular complexity index is 690. The van der Waals surface area contributed by atoms with Gasteiger partial charge >= 0.3 is 0 Å². The third kappa shape index (κ3) is 3.66. The molecule has 0 saturated heterocycles. The fourth-order valence-corrected chi connectivity index (χ4v) is 2.94. The number of aliphatic hydroxyl groups excluding tert-OH is 1. The Kier molecular flexibility index (Phi) is 4.84. The molecule has 2 N–H and O–H groups in total. The number of nitrogens with one attached hydrogen (secondary N) is 1. The van der Waals surface area contributed by atoms with Crippen LogP contribution in [-0.4, -0.2) is 24.2 Å². The normalized spacial score (nSPS) is 17.7. The van der Waals surface area contributed by atoms with E-state index in [4.69, 9.17) is 16.3 Å². The van der Waals surface area contributed by atoms with Gasteiger partial charge in [0, 0.05) is 5.02 Å². The molecule has 0 aromatic heterocycles. The SMILES string of the molecule is O=C(NC(CO)c1ccccc1)C1COc2ccc(Cl)cc2C1. The Hall–Kier alpha value is -2.04. The monoisotopic (exact) mass is 331 g/mol. The fraction of sp³-hybridized carbons (Fsp3) is 0.278. The van der Waals surface area contributed by atoms with Gasteiger partial charge < -0.3 is 15.2 Å². The highest BCUT2D eigenvalue weighted by Gasteiger charge is 2.27. The molecule has 1 aliphatic heterocycles. The van der Waals surface area contributed by atoms with Crippen LogP contribution in [0.15, 0.2) is 48.5 Å². The Morgan fingerprint density at radius 3 is 2.83 bits per heavy atom. The molecule has 4 nitrogen and oxygen atoms in total. The average molecular weight is 332 g/mol. The largest absolute Gasteiger partial charge is 0.492 e. The summed E-state index contributed by atoms with van der Waals surface area (Å²) in [5.41, 5.74) is 1.81.